The summed E-state index contributed by atoms with van der Waals surface area (Å²) in [5, 5.41) is 5.30. The highest BCUT2D eigenvalue weighted by molar-refractivity contribution is 7.99. The number of ether oxygens (including phenoxy) is 1. The predicted octanol–water partition coefficient (Wildman–Crippen LogP) is 2.90. The minimum atomic E-state index is -0.334. The molecule has 2 heterocycles. The molecule has 0 aromatic carbocycles. The number of rotatable bonds is 5. The van der Waals surface area contributed by atoms with Crippen molar-refractivity contribution in [3.05, 3.63) is 23.5 Å². The average molecular weight is 291 g/mol. The van der Waals surface area contributed by atoms with Crippen molar-refractivity contribution in [3.63, 3.8) is 0 Å². The number of hydrogen-bond donors (Lipinski definition) is 0. The molecule has 0 unspecified atom stereocenters. The average Bonchev–Trinajstić information content (AvgIpc) is 3.20. The van der Waals surface area contributed by atoms with Crippen LogP contribution in [0.15, 0.2) is 17.3 Å². The zero-order chi connectivity index (χ0) is 14.1. The molecule has 0 amide bonds. The molecule has 0 atom stereocenters. The van der Waals surface area contributed by atoms with Gasteiger partial charge in [0.2, 0.25) is 0 Å². The molecular formula is C14H17N3O2S. The van der Waals surface area contributed by atoms with Crippen molar-refractivity contribution >= 4 is 23.4 Å². The molecule has 5 nitrogen and oxygen atoms in total. The molecule has 0 saturated heterocycles. The quantitative estimate of drug-likeness (QED) is 0.626. The molecule has 0 bridgehead atoms. The molecular weight excluding hydrogens is 274 g/mol. The molecule has 0 aliphatic heterocycles. The van der Waals surface area contributed by atoms with Gasteiger partial charge in [-0.2, -0.15) is 5.10 Å². The number of thioether (sulfide) groups is 1. The van der Waals surface area contributed by atoms with Gasteiger partial charge in [-0.3, -0.25) is 0 Å². The molecule has 0 N–H and O–H groups in total. The van der Waals surface area contributed by atoms with E-state index in [1.54, 1.807) is 24.9 Å². The molecule has 6 heteroatoms. The third-order valence-electron chi connectivity index (χ3n) is 3.27. The SMILES string of the molecule is CCOC(=O)c1c(SCC)nn2c(C3CC3)ccnc12. The number of carbonyl (C=O) groups is 1. The van der Waals surface area contributed by atoms with E-state index in [-0.39, 0.29) is 5.97 Å². The van der Waals surface area contributed by atoms with Crippen molar-refractivity contribution in [2.45, 2.75) is 37.6 Å². The van der Waals surface area contributed by atoms with Gasteiger partial charge < -0.3 is 4.74 Å². The molecule has 2 aromatic heterocycles. The minimum absolute atomic E-state index is 0.334. The number of aromatic nitrogens is 3. The van der Waals surface area contributed by atoms with Crippen LogP contribution >= 0.6 is 11.8 Å². The molecule has 1 aliphatic rings. The van der Waals surface area contributed by atoms with Gasteiger partial charge in [0.25, 0.3) is 0 Å². The summed E-state index contributed by atoms with van der Waals surface area (Å²) in [6, 6.07) is 1.99. The monoisotopic (exact) mass is 291 g/mol. The first-order valence-electron chi connectivity index (χ1n) is 6.93. The highest BCUT2D eigenvalue weighted by Gasteiger charge is 2.29. The molecule has 1 aliphatic carbocycles. The van der Waals surface area contributed by atoms with Crippen molar-refractivity contribution in [2.24, 2.45) is 0 Å². The Kier molecular flexibility index (Phi) is 3.65. The summed E-state index contributed by atoms with van der Waals surface area (Å²) in [5.74, 6) is 1.07. The fourth-order valence-corrected chi connectivity index (χ4v) is 2.98. The molecule has 20 heavy (non-hydrogen) atoms. The first kappa shape index (κ1) is 13.4. The fraction of sp³-hybridized carbons (Fsp3) is 0.500. The normalized spacial score (nSPS) is 14.7. The van der Waals surface area contributed by atoms with Crippen molar-refractivity contribution in [2.75, 3.05) is 12.4 Å². The van der Waals surface area contributed by atoms with E-state index in [0.717, 1.165) is 11.4 Å². The lowest BCUT2D eigenvalue weighted by molar-refractivity contribution is 0.0524. The Balaban J connectivity index is 2.16. The number of carbonyl (C=O) groups excluding carboxylic acids is 1. The Labute approximate surface area is 121 Å². The molecule has 106 valence electrons. The van der Waals surface area contributed by atoms with Gasteiger partial charge in [0.05, 0.1) is 6.61 Å². The van der Waals surface area contributed by atoms with E-state index in [2.05, 4.69) is 10.1 Å². The second-order valence-electron chi connectivity index (χ2n) is 4.71. The van der Waals surface area contributed by atoms with Crippen LogP contribution in [0.1, 0.15) is 48.7 Å². The van der Waals surface area contributed by atoms with Crippen molar-refractivity contribution in [1.82, 2.24) is 14.6 Å². The zero-order valence-corrected chi connectivity index (χ0v) is 12.4. The molecule has 0 radical (unpaired) electrons. The first-order chi connectivity index (χ1) is 9.76. The molecule has 0 spiro atoms. The molecule has 2 aromatic rings. The van der Waals surface area contributed by atoms with Crippen molar-refractivity contribution < 1.29 is 9.53 Å². The molecule has 1 fully saturated rings. The lowest BCUT2D eigenvalue weighted by atomic mass is 10.2. The van der Waals surface area contributed by atoms with E-state index in [1.807, 2.05) is 17.5 Å². The summed E-state index contributed by atoms with van der Waals surface area (Å²) >= 11 is 1.55. The van der Waals surface area contributed by atoms with Gasteiger partial charge in [-0.1, -0.05) is 6.92 Å². The largest absolute Gasteiger partial charge is 0.462 e. The van der Waals surface area contributed by atoms with E-state index in [9.17, 15) is 4.79 Å². The fourth-order valence-electron chi connectivity index (χ4n) is 2.25. The highest BCUT2D eigenvalue weighted by Crippen LogP contribution is 2.40. The van der Waals surface area contributed by atoms with Crippen LogP contribution in [0.5, 0.6) is 0 Å². The lowest BCUT2D eigenvalue weighted by Crippen LogP contribution is -2.06. The number of hydrogen-bond acceptors (Lipinski definition) is 5. The van der Waals surface area contributed by atoms with Gasteiger partial charge in [-0.25, -0.2) is 14.3 Å². The Morgan fingerprint density at radius 1 is 1.50 bits per heavy atom. The van der Waals surface area contributed by atoms with Gasteiger partial charge in [0.15, 0.2) is 5.65 Å². The Morgan fingerprint density at radius 2 is 2.30 bits per heavy atom. The summed E-state index contributed by atoms with van der Waals surface area (Å²) in [5.41, 5.74) is 2.26. The summed E-state index contributed by atoms with van der Waals surface area (Å²) in [7, 11) is 0. The summed E-state index contributed by atoms with van der Waals surface area (Å²) in [4.78, 5) is 16.5. The van der Waals surface area contributed by atoms with E-state index in [4.69, 9.17) is 4.74 Å². The number of fused-ring (bicyclic) bond motifs is 1. The van der Waals surface area contributed by atoms with Crippen LogP contribution in [0.4, 0.5) is 0 Å². The van der Waals surface area contributed by atoms with E-state index >= 15 is 0 Å². The Morgan fingerprint density at radius 3 is 2.95 bits per heavy atom. The smallest absolute Gasteiger partial charge is 0.344 e. The van der Waals surface area contributed by atoms with Gasteiger partial charge in [0, 0.05) is 17.8 Å². The van der Waals surface area contributed by atoms with Crippen LogP contribution in [-0.4, -0.2) is 32.9 Å². The highest BCUT2D eigenvalue weighted by atomic mass is 32.2. The van der Waals surface area contributed by atoms with Crippen molar-refractivity contribution in [1.29, 1.82) is 0 Å². The van der Waals surface area contributed by atoms with Crippen LogP contribution in [0.2, 0.25) is 0 Å². The zero-order valence-electron chi connectivity index (χ0n) is 11.6. The van der Waals surface area contributed by atoms with E-state index in [1.165, 1.54) is 12.8 Å². The van der Waals surface area contributed by atoms with Gasteiger partial charge in [0.1, 0.15) is 10.6 Å². The second kappa shape index (κ2) is 5.44. The Hall–Kier alpha value is -1.56. The van der Waals surface area contributed by atoms with Crippen LogP contribution in [0, 0.1) is 0 Å². The number of esters is 1. The number of nitrogens with zero attached hydrogens (tertiary/aromatic N) is 3. The molecule has 1 saturated carbocycles. The summed E-state index contributed by atoms with van der Waals surface area (Å²) in [6.45, 7) is 4.20. The lowest BCUT2D eigenvalue weighted by Gasteiger charge is -2.02. The van der Waals surface area contributed by atoms with Gasteiger partial charge in [-0.15, -0.1) is 11.8 Å². The van der Waals surface area contributed by atoms with Crippen LogP contribution in [-0.2, 0) is 4.74 Å². The standard InChI is InChI=1S/C14H17N3O2S/c1-3-19-14(18)11-12-15-8-7-10(9-5-6-9)17(12)16-13(11)20-4-2/h7-9H,3-6H2,1-2H3. The maximum Gasteiger partial charge on any atom is 0.344 e. The Bertz CT molecular complexity index is 649. The van der Waals surface area contributed by atoms with Crippen molar-refractivity contribution in [3.8, 4) is 0 Å². The second-order valence-corrected chi connectivity index (χ2v) is 5.97. The van der Waals surface area contributed by atoms with E-state index in [0.29, 0.717) is 28.8 Å². The van der Waals surface area contributed by atoms with Crippen LogP contribution < -0.4 is 0 Å². The summed E-state index contributed by atoms with van der Waals surface area (Å²) in [6.07, 6.45) is 4.13. The minimum Gasteiger partial charge on any atom is -0.462 e. The van der Waals surface area contributed by atoms with Gasteiger partial charge in [-0.05, 0) is 31.6 Å². The van der Waals surface area contributed by atoms with Crippen LogP contribution in [0.3, 0.4) is 0 Å². The predicted molar refractivity (Wildman–Crippen MR) is 77.3 cm³/mol. The summed E-state index contributed by atoms with van der Waals surface area (Å²) < 4.78 is 6.97. The third kappa shape index (κ3) is 2.28. The topological polar surface area (TPSA) is 56.5 Å². The molecule has 3 rings (SSSR count). The van der Waals surface area contributed by atoms with Crippen LogP contribution in [0.25, 0.3) is 5.65 Å². The van der Waals surface area contributed by atoms with Gasteiger partial charge >= 0.3 is 5.97 Å². The van der Waals surface area contributed by atoms with E-state index < -0.39 is 0 Å². The maximum absolute atomic E-state index is 12.2. The third-order valence-corrected chi connectivity index (χ3v) is 4.12. The maximum atomic E-state index is 12.2. The first-order valence-corrected chi connectivity index (χ1v) is 7.92.